The fraction of sp³-hybridized carbons (Fsp3) is 0.947. The third kappa shape index (κ3) is 13.8. The van der Waals surface area contributed by atoms with Gasteiger partial charge in [-0.1, -0.05) is 93.5 Å². The maximum atomic E-state index is 11.8. The summed E-state index contributed by atoms with van der Waals surface area (Å²) >= 11 is 3.35. The van der Waals surface area contributed by atoms with Crippen LogP contribution in [0.3, 0.4) is 0 Å². The van der Waals surface area contributed by atoms with Crippen LogP contribution in [-0.4, -0.2) is 21.3 Å². The highest BCUT2D eigenvalue weighted by molar-refractivity contribution is 9.10. The number of aliphatic hydroxyl groups is 1. The number of aliphatic hydroxyl groups excluding tert-OH is 1. The summed E-state index contributed by atoms with van der Waals surface area (Å²) in [6, 6.07) is 0. The third-order valence-electron chi connectivity index (χ3n) is 4.22. The van der Waals surface area contributed by atoms with Gasteiger partial charge in [0.15, 0.2) is 5.78 Å². The normalized spacial score (nSPS) is 13.3. The zero-order valence-electron chi connectivity index (χ0n) is 15.0. The lowest BCUT2D eigenvalue weighted by Crippen LogP contribution is -2.28. The molecule has 132 valence electrons. The second kappa shape index (κ2) is 13.5. The minimum Gasteiger partial charge on any atom is -0.393 e. The first-order valence-corrected chi connectivity index (χ1v) is 10.1. The van der Waals surface area contributed by atoms with E-state index in [1.165, 1.54) is 64.2 Å². The summed E-state index contributed by atoms with van der Waals surface area (Å²) in [6.45, 7) is 5.93. The van der Waals surface area contributed by atoms with E-state index in [0.717, 1.165) is 12.8 Å². The van der Waals surface area contributed by atoms with Crippen molar-refractivity contribution in [2.24, 2.45) is 0 Å². The fourth-order valence-electron chi connectivity index (χ4n) is 2.60. The summed E-state index contributed by atoms with van der Waals surface area (Å²) in [6.07, 6.45) is 15.0. The molecule has 0 unspecified atom stereocenters. The molecule has 0 aliphatic heterocycles. The molecule has 0 bridgehead atoms. The number of rotatable bonds is 15. The number of Topliss-reactive ketones (excluding diaryl/α,β-unsaturated/α-hetero) is 1. The van der Waals surface area contributed by atoms with Gasteiger partial charge < -0.3 is 5.11 Å². The van der Waals surface area contributed by atoms with Gasteiger partial charge in [-0.05, 0) is 20.3 Å². The molecule has 1 N–H and O–H groups in total. The summed E-state index contributed by atoms with van der Waals surface area (Å²) in [5.74, 6) is 0.0862. The minimum absolute atomic E-state index is 0.0862. The molecule has 0 aliphatic carbocycles. The Labute approximate surface area is 146 Å². The Morgan fingerprint density at radius 2 is 1.32 bits per heavy atom. The van der Waals surface area contributed by atoms with E-state index in [2.05, 4.69) is 22.9 Å². The molecule has 0 aromatic heterocycles. The van der Waals surface area contributed by atoms with Crippen LogP contribution in [0, 0.1) is 0 Å². The van der Waals surface area contributed by atoms with Gasteiger partial charge in [-0.25, -0.2) is 0 Å². The Hall–Kier alpha value is 0.110. The number of alkyl halides is 1. The second-order valence-corrected chi connectivity index (χ2v) is 9.06. The van der Waals surface area contributed by atoms with Gasteiger partial charge in [-0.2, -0.15) is 0 Å². The zero-order valence-corrected chi connectivity index (χ0v) is 16.6. The van der Waals surface area contributed by atoms with Crippen LogP contribution in [0.1, 0.15) is 104 Å². The van der Waals surface area contributed by atoms with E-state index < -0.39 is 10.4 Å². The zero-order chi connectivity index (χ0) is 16.8. The molecule has 0 radical (unpaired) electrons. The van der Waals surface area contributed by atoms with Gasteiger partial charge in [0.1, 0.15) is 0 Å². The molecule has 3 heteroatoms. The predicted molar refractivity (Wildman–Crippen MR) is 99.7 cm³/mol. The van der Waals surface area contributed by atoms with Crippen molar-refractivity contribution in [3.8, 4) is 0 Å². The molecule has 0 aliphatic rings. The lowest BCUT2D eigenvalue weighted by Gasteiger charge is -2.17. The Morgan fingerprint density at radius 3 is 1.73 bits per heavy atom. The van der Waals surface area contributed by atoms with Crippen molar-refractivity contribution < 1.29 is 9.90 Å². The van der Waals surface area contributed by atoms with E-state index in [9.17, 15) is 9.90 Å². The molecule has 2 nitrogen and oxygen atoms in total. The number of hydrogen-bond acceptors (Lipinski definition) is 2. The molecular formula is C19H37BrO2. The third-order valence-corrected chi connectivity index (χ3v) is 4.67. The quantitative estimate of drug-likeness (QED) is 0.273. The number of carbonyl (C=O) groups is 1. The van der Waals surface area contributed by atoms with E-state index in [-0.39, 0.29) is 12.2 Å². The van der Waals surface area contributed by atoms with Crippen LogP contribution in [-0.2, 0) is 4.79 Å². The molecule has 0 saturated heterocycles. The molecule has 0 saturated carbocycles. The Kier molecular flexibility index (Phi) is 13.6. The van der Waals surface area contributed by atoms with Crippen LogP contribution in [0.15, 0.2) is 0 Å². The highest BCUT2D eigenvalue weighted by atomic mass is 79.9. The lowest BCUT2D eigenvalue weighted by atomic mass is 9.99. The number of halogens is 1. The maximum Gasteiger partial charge on any atom is 0.151 e. The first-order valence-electron chi connectivity index (χ1n) is 9.28. The molecule has 0 amide bonds. The highest BCUT2D eigenvalue weighted by Crippen LogP contribution is 2.21. The molecule has 0 rings (SSSR count). The van der Waals surface area contributed by atoms with Crippen molar-refractivity contribution in [1.82, 2.24) is 0 Å². The van der Waals surface area contributed by atoms with Crippen LogP contribution in [0.2, 0.25) is 0 Å². The molecule has 1 atom stereocenters. The highest BCUT2D eigenvalue weighted by Gasteiger charge is 2.25. The monoisotopic (exact) mass is 376 g/mol. The van der Waals surface area contributed by atoms with Gasteiger partial charge in [0.05, 0.1) is 10.4 Å². The minimum atomic E-state index is -0.509. The number of unbranched alkanes of at least 4 members (excludes halogenated alkanes) is 10. The van der Waals surface area contributed by atoms with Gasteiger partial charge in [-0.3, -0.25) is 4.79 Å². The SMILES string of the molecule is CCCCCCCCCCCCC[C@H](O)CC(=O)C(C)(C)Br. The van der Waals surface area contributed by atoms with E-state index in [1.54, 1.807) is 0 Å². The number of hydrogen-bond donors (Lipinski definition) is 1. The maximum absolute atomic E-state index is 11.8. The first-order chi connectivity index (χ1) is 10.4. The first kappa shape index (κ1) is 22.1. The molecule has 0 heterocycles. The molecule has 0 aromatic carbocycles. The summed E-state index contributed by atoms with van der Waals surface area (Å²) in [5, 5.41) is 9.88. The summed E-state index contributed by atoms with van der Waals surface area (Å²) in [7, 11) is 0. The fourth-order valence-corrected chi connectivity index (χ4v) is 2.76. The number of ketones is 1. The van der Waals surface area contributed by atoms with Crippen molar-refractivity contribution in [3.63, 3.8) is 0 Å². The van der Waals surface area contributed by atoms with Crippen molar-refractivity contribution in [2.45, 2.75) is 115 Å². The Balaban J connectivity index is 3.34. The van der Waals surface area contributed by atoms with Crippen molar-refractivity contribution in [3.05, 3.63) is 0 Å². The summed E-state index contributed by atoms with van der Waals surface area (Å²) < 4.78 is -0.509. The molecule has 0 fully saturated rings. The van der Waals surface area contributed by atoms with Crippen LogP contribution in [0.5, 0.6) is 0 Å². The summed E-state index contributed by atoms with van der Waals surface area (Å²) in [5.41, 5.74) is 0. The smallest absolute Gasteiger partial charge is 0.151 e. The molecule has 22 heavy (non-hydrogen) atoms. The lowest BCUT2D eigenvalue weighted by molar-refractivity contribution is -0.122. The van der Waals surface area contributed by atoms with Gasteiger partial charge in [0, 0.05) is 6.42 Å². The average molecular weight is 377 g/mol. The van der Waals surface area contributed by atoms with Crippen LogP contribution >= 0.6 is 15.9 Å². The van der Waals surface area contributed by atoms with Crippen LogP contribution < -0.4 is 0 Å². The molecular weight excluding hydrogens is 340 g/mol. The van der Waals surface area contributed by atoms with Crippen LogP contribution in [0.4, 0.5) is 0 Å². The van der Waals surface area contributed by atoms with E-state index >= 15 is 0 Å². The van der Waals surface area contributed by atoms with Gasteiger partial charge >= 0.3 is 0 Å². The van der Waals surface area contributed by atoms with Crippen molar-refractivity contribution in [2.75, 3.05) is 0 Å². The summed E-state index contributed by atoms with van der Waals surface area (Å²) in [4.78, 5) is 11.8. The topological polar surface area (TPSA) is 37.3 Å². The van der Waals surface area contributed by atoms with Crippen molar-refractivity contribution >= 4 is 21.7 Å². The van der Waals surface area contributed by atoms with E-state index in [1.807, 2.05) is 13.8 Å². The van der Waals surface area contributed by atoms with Gasteiger partial charge in [0.2, 0.25) is 0 Å². The van der Waals surface area contributed by atoms with Gasteiger partial charge in [0.25, 0.3) is 0 Å². The largest absolute Gasteiger partial charge is 0.393 e. The standard InChI is InChI=1S/C19H37BrO2/c1-4-5-6-7-8-9-10-11-12-13-14-15-17(21)16-18(22)19(2,3)20/h17,21H,4-16H2,1-3H3/t17-/m0/s1. The Morgan fingerprint density at radius 1 is 0.909 bits per heavy atom. The Bertz CT molecular complexity index is 271. The average Bonchev–Trinajstić information content (AvgIpc) is 2.43. The second-order valence-electron chi connectivity index (χ2n) is 7.08. The van der Waals surface area contributed by atoms with E-state index in [0.29, 0.717) is 0 Å². The number of carbonyl (C=O) groups excluding carboxylic acids is 1. The van der Waals surface area contributed by atoms with Gasteiger partial charge in [-0.15, -0.1) is 0 Å². The van der Waals surface area contributed by atoms with E-state index in [4.69, 9.17) is 0 Å². The molecule has 0 aromatic rings. The molecule has 0 spiro atoms. The van der Waals surface area contributed by atoms with Crippen LogP contribution in [0.25, 0.3) is 0 Å². The van der Waals surface area contributed by atoms with Crippen molar-refractivity contribution in [1.29, 1.82) is 0 Å². The predicted octanol–water partition coefficient (Wildman–Crippen LogP) is 6.18.